The number of halogens is 1. The highest BCUT2D eigenvalue weighted by Gasteiger charge is 2.18. The summed E-state index contributed by atoms with van der Waals surface area (Å²) in [4.78, 5) is 16.6. The van der Waals surface area contributed by atoms with Crippen LogP contribution >= 0.6 is 0 Å². The summed E-state index contributed by atoms with van der Waals surface area (Å²) in [6.07, 6.45) is 3.85. The number of benzene rings is 1. The van der Waals surface area contributed by atoms with Crippen LogP contribution in [-0.2, 0) is 0 Å². The molecule has 0 aliphatic heterocycles. The number of fused-ring (bicyclic) bond motifs is 1. The molecule has 0 fully saturated rings. The second kappa shape index (κ2) is 6.16. The normalized spacial score (nSPS) is 12.3. The molecule has 0 radical (unpaired) electrons. The summed E-state index contributed by atoms with van der Waals surface area (Å²) in [6.45, 7) is 3.93. The van der Waals surface area contributed by atoms with E-state index in [1.165, 1.54) is 16.8 Å². The molecule has 2 heterocycles. The largest absolute Gasteiger partial charge is 0.349 e. The number of carbonyl (C=O) groups is 1. The quantitative estimate of drug-likeness (QED) is 0.805. The molecule has 23 heavy (non-hydrogen) atoms. The van der Waals surface area contributed by atoms with Crippen molar-refractivity contribution >= 4 is 11.6 Å². The summed E-state index contributed by atoms with van der Waals surface area (Å²) in [5.41, 5.74) is 1.75. The average molecular weight is 312 g/mol. The molecule has 2 aromatic heterocycles. The fourth-order valence-electron chi connectivity index (χ4n) is 2.33. The molecule has 1 amide bonds. The Morgan fingerprint density at radius 2 is 2.13 bits per heavy atom. The Morgan fingerprint density at radius 3 is 2.87 bits per heavy atom. The Bertz CT molecular complexity index is 859. The van der Waals surface area contributed by atoms with E-state index in [4.69, 9.17) is 0 Å². The highest BCUT2D eigenvalue weighted by Crippen LogP contribution is 2.23. The van der Waals surface area contributed by atoms with Gasteiger partial charge in [0.25, 0.3) is 5.91 Å². The zero-order valence-electron chi connectivity index (χ0n) is 13.0. The van der Waals surface area contributed by atoms with Gasteiger partial charge in [0, 0.05) is 17.8 Å². The molecular formula is C17H17FN4O. The standard InChI is InChI=1S/C17H17FN4O/c1-3-11(2)21-17(23)13-10-20-22-15(8-9-19-16(13)22)12-6-4-5-7-14(12)18/h4-11H,3H2,1-2H3,(H,21,23). The van der Waals surface area contributed by atoms with E-state index in [1.807, 2.05) is 13.8 Å². The maximum atomic E-state index is 14.0. The molecule has 3 aromatic rings. The first-order chi connectivity index (χ1) is 11.1. The molecule has 0 aliphatic carbocycles. The van der Waals surface area contributed by atoms with E-state index in [9.17, 15) is 9.18 Å². The average Bonchev–Trinajstić information content (AvgIpc) is 2.99. The molecule has 1 aromatic carbocycles. The zero-order valence-corrected chi connectivity index (χ0v) is 13.0. The van der Waals surface area contributed by atoms with Crippen molar-refractivity contribution in [2.75, 3.05) is 0 Å². The SMILES string of the molecule is CCC(C)NC(=O)c1cnn2c(-c3ccccc3F)ccnc12. The second-order valence-corrected chi connectivity index (χ2v) is 5.39. The van der Waals surface area contributed by atoms with Crippen molar-refractivity contribution in [2.24, 2.45) is 0 Å². The maximum Gasteiger partial charge on any atom is 0.256 e. The Labute approximate surface area is 133 Å². The number of nitrogens with one attached hydrogen (secondary N) is 1. The first-order valence-corrected chi connectivity index (χ1v) is 7.50. The van der Waals surface area contributed by atoms with Crippen LogP contribution in [0.3, 0.4) is 0 Å². The number of rotatable bonds is 4. The topological polar surface area (TPSA) is 59.3 Å². The van der Waals surface area contributed by atoms with E-state index in [-0.39, 0.29) is 17.8 Å². The van der Waals surface area contributed by atoms with Gasteiger partial charge in [0.2, 0.25) is 0 Å². The number of hydrogen-bond acceptors (Lipinski definition) is 3. The molecule has 118 valence electrons. The van der Waals surface area contributed by atoms with E-state index < -0.39 is 0 Å². The Morgan fingerprint density at radius 1 is 1.35 bits per heavy atom. The fourth-order valence-corrected chi connectivity index (χ4v) is 2.33. The summed E-state index contributed by atoms with van der Waals surface area (Å²) < 4.78 is 15.5. The Hall–Kier alpha value is -2.76. The van der Waals surface area contributed by atoms with Crippen molar-refractivity contribution in [3.63, 3.8) is 0 Å². The number of nitrogens with zero attached hydrogens (tertiary/aromatic N) is 3. The van der Waals surface area contributed by atoms with Gasteiger partial charge in [-0.05, 0) is 31.5 Å². The third-order valence-electron chi connectivity index (χ3n) is 3.79. The van der Waals surface area contributed by atoms with Gasteiger partial charge in [0.05, 0.1) is 11.9 Å². The number of carbonyl (C=O) groups excluding carboxylic acids is 1. The first kappa shape index (κ1) is 15.1. The van der Waals surface area contributed by atoms with Gasteiger partial charge in [-0.3, -0.25) is 4.79 Å². The highest BCUT2D eigenvalue weighted by molar-refractivity contribution is 6.00. The maximum absolute atomic E-state index is 14.0. The molecule has 0 saturated carbocycles. The van der Waals surface area contributed by atoms with E-state index in [2.05, 4.69) is 15.4 Å². The van der Waals surface area contributed by atoms with Crippen molar-refractivity contribution in [3.8, 4) is 11.3 Å². The molecule has 6 heteroatoms. The molecule has 0 spiro atoms. The van der Waals surface area contributed by atoms with Crippen LogP contribution in [-0.4, -0.2) is 26.5 Å². The molecule has 1 N–H and O–H groups in total. The van der Waals surface area contributed by atoms with Gasteiger partial charge in [0.15, 0.2) is 5.65 Å². The molecule has 0 saturated heterocycles. The van der Waals surface area contributed by atoms with Crippen molar-refractivity contribution in [1.29, 1.82) is 0 Å². The summed E-state index contributed by atoms with van der Waals surface area (Å²) in [5, 5.41) is 7.11. The van der Waals surface area contributed by atoms with Gasteiger partial charge < -0.3 is 5.32 Å². The van der Waals surface area contributed by atoms with Gasteiger partial charge in [-0.2, -0.15) is 5.10 Å². The zero-order chi connectivity index (χ0) is 16.4. The number of hydrogen-bond donors (Lipinski definition) is 1. The van der Waals surface area contributed by atoms with Crippen molar-refractivity contribution in [3.05, 3.63) is 54.1 Å². The first-order valence-electron chi connectivity index (χ1n) is 7.50. The smallest absolute Gasteiger partial charge is 0.256 e. The van der Waals surface area contributed by atoms with Gasteiger partial charge in [0.1, 0.15) is 11.4 Å². The van der Waals surface area contributed by atoms with Crippen LogP contribution < -0.4 is 5.32 Å². The van der Waals surface area contributed by atoms with Crippen molar-refractivity contribution in [2.45, 2.75) is 26.3 Å². The predicted octanol–water partition coefficient (Wildman–Crippen LogP) is 3.06. The van der Waals surface area contributed by atoms with E-state index in [1.54, 1.807) is 30.5 Å². The number of amides is 1. The minimum Gasteiger partial charge on any atom is -0.349 e. The molecule has 0 bridgehead atoms. The van der Waals surface area contributed by atoms with Crippen LogP contribution in [0.2, 0.25) is 0 Å². The monoisotopic (exact) mass is 312 g/mol. The molecule has 5 nitrogen and oxygen atoms in total. The lowest BCUT2D eigenvalue weighted by Crippen LogP contribution is -2.31. The van der Waals surface area contributed by atoms with Gasteiger partial charge >= 0.3 is 0 Å². The van der Waals surface area contributed by atoms with Gasteiger partial charge in [-0.25, -0.2) is 13.9 Å². The lowest BCUT2D eigenvalue weighted by molar-refractivity contribution is 0.0940. The third-order valence-corrected chi connectivity index (χ3v) is 3.79. The van der Waals surface area contributed by atoms with Crippen LogP contribution in [0, 0.1) is 5.82 Å². The molecule has 0 aliphatic rings. The van der Waals surface area contributed by atoms with Crippen LogP contribution in [0.15, 0.2) is 42.7 Å². The fraction of sp³-hybridized carbons (Fsp3) is 0.235. The summed E-state index contributed by atoms with van der Waals surface area (Å²) in [5.74, 6) is -0.575. The van der Waals surface area contributed by atoms with Crippen LogP contribution in [0.25, 0.3) is 16.9 Å². The van der Waals surface area contributed by atoms with Crippen molar-refractivity contribution in [1.82, 2.24) is 19.9 Å². The highest BCUT2D eigenvalue weighted by atomic mass is 19.1. The second-order valence-electron chi connectivity index (χ2n) is 5.39. The minimum atomic E-state index is -0.346. The lowest BCUT2D eigenvalue weighted by Gasteiger charge is -2.10. The van der Waals surface area contributed by atoms with E-state index in [0.717, 1.165) is 6.42 Å². The van der Waals surface area contributed by atoms with Crippen molar-refractivity contribution < 1.29 is 9.18 Å². The molecule has 1 unspecified atom stereocenters. The Balaban J connectivity index is 2.08. The van der Waals surface area contributed by atoms with Crippen LogP contribution in [0.5, 0.6) is 0 Å². The summed E-state index contributed by atoms with van der Waals surface area (Å²) in [7, 11) is 0. The van der Waals surface area contributed by atoms with Crippen LogP contribution in [0.4, 0.5) is 4.39 Å². The van der Waals surface area contributed by atoms with E-state index >= 15 is 0 Å². The molecule has 1 atom stereocenters. The van der Waals surface area contributed by atoms with E-state index in [0.29, 0.717) is 22.5 Å². The van der Waals surface area contributed by atoms with Crippen LogP contribution in [0.1, 0.15) is 30.6 Å². The Kier molecular flexibility index (Phi) is 4.06. The minimum absolute atomic E-state index is 0.0622. The molecule has 3 rings (SSSR count). The predicted molar refractivity (Wildman–Crippen MR) is 85.6 cm³/mol. The van der Waals surface area contributed by atoms with Gasteiger partial charge in [-0.15, -0.1) is 0 Å². The third kappa shape index (κ3) is 2.79. The lowest BCUT2D eigenvalue weighted by atomic mass is 10.1. The molecular weight excluding hydrogens is 295 g/mol. The van der Waals surface area contributed by atoms with Gasteiger partial charge in [-0.1, -0.05) is 19.1 Å². The number of aromatic nitrogens is 3. The summed E-state index contributed by atoms with van der Waals surface area (Å²) in [6, 6.07) is 8.18. The summed E-state index contributed by atoms with van der Waals surface area (Å²) >= 11 is 0.